The van der Waals surface area contributed by atoms with E-state index in [9.17, 15) is 0 Å². The average molecular weight is 595 g/mol. The molecule has 42 heavy (non-hydrogen) atoms. The van der Waals surface area contributed by atoms with Crippen molar-refractivity contribution in [3.05, 3.63) is 84.0 Å². The molecule has 8 aliphatic rings. The van der Waals surface area contributed by atoms with Crippen molar-refractivity contribution >= 4 is 17.2 Å². The van der Waals surface area contributed by atoms with Gasteiger partial charge in [-0.15, -0.1) is 9.24 Å². The molecule has 218 valence electrons. The van der Waals surface area contributed by atoms with Crippen LogP contribution in [0.5, 0.6) is 0 Å². The zero-order chi connectivity index (χ0) is 27.9. The highest BCUT2D eigenvalue weighted by Gasteiger charge is 2.62. The summed E-state index contributed by atoms with van der Waals surface area (Å²) in [5, 5.41) is 0.625. The second-order valence-corrected chi connectivity index (χ2v) is 19.5. The molecule has 8 aliphatic carbocycles. The molecule has 0 spiro atoms. The van der Waals surface area contributed by atoms with Gasteiger partial charge in [0.2, 0.25) is 0 Å². The van der Waals surface area contributed by atoms with Gasteiger partial charge >= 0.3 is 0 Å². The summed E-state index contributed by atoms with van der Waals surface area (Å²) in [5.41, 5.74) is 4.72. The molecule has 1 unspecified atom stereocenters. The molecule has 0 aliphatic heterocycles. The summed E-state index contributed by atoms with van der Waals surface area (Å²) in [4.78, 5) is 18.8. The summed E-state index contributed by atoms with van der Waals surface area (Å²) in [7, 11) is 3.02. The lowest BCUT2D eigenvalue weighted by atomic mass is 9.55. The molecule has 0 amide bonds. The lowest BCUT2D eigenvalue weighted by molar-refractivity contribution is 0.0184. The van der Waals surface area contributed by atoms with Gasteiger partial charge in [0, 0.05) is 24.8 Å². The standard InChI is InChI=1S/C36H44N4P2/c41-36(32-21-37-5-7-39-32,33-22-38-6-8-40-33)31-4-2-1-3-30(31)23-42(34-15-24-9-25(16-34)11-26(10-24)17-34)35-18-27-12-28(19-35)14-29(13-27)20-35/h1-8,21-22,24-29H,9-20,23,41H2. The van der Waals surface area contributed by atoms with Gasteiger partial charge in [-0.25, -0.2) is 0 Å². The highest BCUT2D eigenvalue weighted by molar-refractivity contribution is 7.60. The van der Waals surface area contributed by atoms with Crippen molar-refractivity contribution in [1.82, 2.24) is 19.9 Å². The summed E-state index contributed by atoms with van der Waals surface area (Å²) in [6, 6.07) is 9.35. The lowest BCUT2D eigenvalue weighted by Crippen LogP contribution is -2.56. The van der Waals surface area contributed by atoms with Crippen LogP contribution in [0.25, 0.3) is 0 Å². The van der Waals surface area contributed by atoms with Gasteiger partial charge in [-0.05, 0) is 140 Å². The Morgan fingerprint density at radius 2 is 1.07 bits per heavy atom. The molecule has 6 heteroatoms. The van der Waals surface area contributed by atoms with Crippen molar-refractivity contribution < 1.29 is 0 Å². The maximum absolute atomic E-state index is 4.89. The van der Waals surface area contributed by atoms with Gasteiger partial charge in [-0.1, -0.05) is 32.2 Å². The van der Waals surface area contributed by atoms with E-state index < -0.39 is 5.16 Å². The van der Waals surface area contributed by atoms with E-state index in [2.05, 4.69) is 43.5 Å². The molecule has 1 atom stereocenters. The Morgan fingerprint density at radius 1 is 0.643 bits per heavy atom. The third kappa shape index (κ3) is 4.14. The average Bonchev–Trinajstić information content (AvgIpc) is 2.99. The van der Waals surface area contributed by atoms with Crippen LogP contribution in [0, 0.1) is 35.5 Å². The van der Waals surface area contributed by atoms with Crippen molar-refractivity contribution in [2.24, 2.45) is 35.5 Å². The lowest BCUT2D eigenvalue weighted by Gasteiger charge is -2.67. The molecular weight excluding hydrogens is 550 g/mol. The highest BCUT2D eigenvalue weighted by atomic mass is 31.1. The van der Waals surface area contributed by atoms with E-state index in [-0.39, 0.29) is 7.92 Å². The van der Waals surface area contributed by atoms with Crippen LogP contribution in [0.2, 0.25) is 0 Å². The molecular formula is C36H44N4P2. The quantitative estimate of drug-likeness (QED) is 0.258. The summed E-state index contributed by atoms with van der Waals surface area (Å²) >= 11 is 0. The number of rotatable bonds is 7. The zero-order valence-electron chi connectivity index (χ0n) is 24.7. The molecule has 11 rings (SSSR count). The second-order valence-electron chi connectivity index (χ2n) is 15.5. The number of benzene rings is 1. The molecule has 0 saturated heterocycles. The van der Waals surface area contributed by atoms with Crippen LogP contribution in [-0.2, 0) is 11.3 Å². The smallest absolute Gasteiger partial charge is 0.0967 e. The van der Waals surface area contributed by atoms with Crippen LogP contribution in [0.4, 0.5) is 0 Å². The minimum Gasteiger partial charge on any atom is -0.261 e. The molecule has 4 nitrogen and oxygen atoms in total. The minimum absolute atomic E-state index is 0.168. The largest absolute Gasteiger partial charge is 0.261 e. The summed E-state index contributed by atoms with van der Waals surface area (Å²) < 4.78 is 0. The van der Waals surface area contributed by atoms with Crippen LogP contribution >= 0.6 is 17.2 Å². The summed E-state index contributed by atoms with van der Waals surface area (Å²) in [6.45, 7) is 0. The van der Waals surface area contributed by atoms with Gasteiger partial charge in [0.05, 0.1) is 28.9 Å². The molecule has 0 N–H and O–H groups in total. The van der Waals surface area contributed by atoms with Gasteiger partial charge in [0.25, 0.3) is 0 Å². The fourth-order valence-electron chi connectivity index (χ4n) is 12.3. The first-order valence-electron chi connectivity index (χ1n) is 16.7. The molecule has 2 aromatic heterocycles. The van der Waals surface area contributed by atoms with Crippen LogP contribution in [-0.4, -0.2) is 30.2 Å². The maximum atomic E-state index is 4.89. The van der Waals surface area contributed by atoms with Crippen molar-refractivity contribution in [3.63, 3.8) is 0 Å². The first-order chi connectivity index (χ1) is 20.5. The number of hydrogen-bond acceptors (Lipinski definition) is 4. The summed E-state index contributed by atoms with van der Waals surface area (Å²) in [5.74, 6) is 6.03. The number of nitrogens with zero attached hydrogens (tertiary/aromatic N) is 4. The van der Waals surface area contributed by atoms with Gasteiger partial charge in [0.1, 0.15) is 0 Å². The molecule has 8 fully saturated rings. The normalized spacial score (nSPS) is 38.6. The Balaban J connectivity index is 1.19. The minimum atomic E-state index is -0.580. The third-order valence-electron chi connectivity index (χ3n) is 12.9. The van der Waals surface area contributed by atoms with E-state index in [1.165, 1.54) is 94.3 Å². The zero-order valence-corrected chi connectivity index (χ0v) is 26.8. The molecule has 8 saturated carbocycles. The van der Waals surface area contributed by atoms with Crippen LogP contribution in [0.15, 0.2) is 61.4 Å². The van der Waals surface area contributed by atoms with Gasteiger partial charge in [0.15, 0.2) is 0 Å². The predicted octanol–water partition coefficient (Wildman–Crippen LogP) is 8.35. The first kappa shape index (κ1) is 26.6. The molecule has 2 heterocycles. The second kappa shape index (κ2) is 9.87. The van der Waals surface area contributed by atoms with Gasteiger partial charge < -0.3 is 0 Å². The molecule has 0 radical (unpaired) electrons. The monoisotopic (exact) mass is 594 g/mol. The van der Waals surface area contributed by atoms with E-state index in [1.54, 1.807) is 12.4 Å². The van der Waals surface area contributed by atoms with E-state index in [0.29, 0.717) is 10.3 Å². The molecule has 3 aromatic rings. The maximum Gasteiger partial charge on any atom is 0.0967 e. The first-order valence-corrected chi connectivity index (χ1v) is 18.8. The number of aromatic nitrogens is 4. The highest BCUT2D eigenvalue weighted by Crippen LogP contribution is 2.79. The Hall–Kier alpha value is -1.76. The molecule has 1 aromatic carbocycles. The van der Waals surface area contributed by atoms with Gasteiger partial charge in [-0.3, -0.25) is 19.9 Å². The Morgan fingerprint density at radius 3 is 1.48 bits per heavy atom. The van der Waals surface area contributed by atoms with Crippen molar-refractivity contribution in [2.45, 2.75) is 98.7 Å². The van der Waals surface area contributed by atoms with Crippen molar-refractivity contribution in [2.75, 3.05) is 0 Å². The Kier molecular flexibility index (Phi) is 6.26. The number of hydrogen-bond donors (Lipinski definition) is 0. The van der Waals surface area contributed by atoms with Crippen LogP contribution in [0.3, 0.4) is 0 Å². The van der Waals surface area contributed by atoms with Crippen LogP contribution in [0.1, 0.15) is 99.6 Å². The van der Waals surface area contributed by atoms with E-state index >= 15 is 0 Å². The van der Waals surface area contributed by atoms with Crippen molar-refractivity contribution in [1.29, 1.82) is 0 Å². The topological polar surface area (TPSA) is 51.6 Å². The Labute approximate surface area is 254 Å². The Bertz CT molecular complexity index is 1310. The van der Waals surface area contributed by atoms with Crippen molar-refractivity contribution in [3.8, 4) is 0 Å². The summed E-state index contributed by atoms with van der Waals surface area (Å²) in [6.07, 6.45) is 30.8. The third-order valence-corrected chi connectivity index (χ3v) is 17.8. The van der Waals surface area contributed by atoms with E-state index in [0.717, 1.165) is 46.9 Å². The van der Waals surface area contributed by atoms with Crippen LogP contribution < -0.4 is 0 Å². The van der Waals surface area contributed by atoms with E-state index in [4.69, 9.17) is 9.97 Å². The molecule has 8 bridgehead atoms. The SMILES string of the molecule is PC(c1cnccn1)(c1cnccn1)c1ccccc1CP(C12CC3CC(CC(C3)C1)C2)C12CC3CC(CC(C3)C1)C2. The fraction of sp³-hybridized carbons (Fsp3) is 0.611. The predicted molar refractivity (Wildman–Crippen MR) is 173 cm³/mol. The fourth-order valence-corrected chi connectivity index (χ4v) is 18.0. The van der Waals surface area contributed by atoms with Gasteiger partial charge in [-0.2, -0.15) is 0 Å². The van der Waals surface area contributed by atoms with E-state index in [1.807, 2.05) is 24.8 Å².